The van der Waals surface area contributed by atoms with Crippen LogP contribution in [0.1, 0.15) is 20.3 Å². The summed E-state index contributed by atoms with van der Waals surface area (Å²) in [5.74, 6) is -0.833. The Balaban J connectivity index is 0. The van der Waals surface area contributed by atoms with Gasteiger partial charge < -0.3 is 23.3 Å². The quantitative estimate of drug-likeness (QED) is 0.719. The fraction of sp³-hybridized carbons (Fsp3) is 0.900. The topological polar surface area (TPSA) is 68.2 Å². The molecule has 1 atom stereocenters. The molecule has 0 saturated heterocycles. The number of carboxylic acid groups (broad SMARTS) is 1. The minimum Gasteiger partial charge on any atom is -0.481 e. The van der Waals surface area contributed by atoms with Crippen molar-refractivity contribution in [3.05, 3.63) is 0 Å². The normalized spacial score (nSPS) is 12.9. The molecule has 0 saturated carbocycles. The van der Waals surface area contributed by atoms with Crippen molar-refractivity contribution in [2.24, 2.45) is 0 Å². The number of nitrogens with zero attached hydrogens (tertiary/aromatic N) is 1. The van der Waals surface area contributed by atoms with Gasteiger partial charge in [0.2, 0.25) is 0 Å². The Morgan fingerprint density at radius 2 is 1.53 bits per heavy atom. The van der Waals surface area contributed by atoms with E-state index in [0.717, 1.165) is 13.3 Å². The molecule has 0 radical (unpaired) electrons. The average molecular weight is 267 g/mol. The summed E-state index contributed by atoms with van der Waals surface area (Å²) in [6.45, 7) is 3.18. The number of rotatable bonds is 6. The van der Waals surface area contributed by atoms with Crippen molar-refractivity contribution < 1.29 is 23.2 Å². The first-order valence-corrected chi connectivity index (χ1v) is 7.12. The second-order valence-corrected chi connectivity index (χ2v) is 6.72. The summed E-state index contributed by atoms with van der Waals surface area (Å²) in [6, 6.07) is 0. The lowest BCUT2D eigenvalue weighted by Crippen LogP contribution is -2.59. The summed E-state index contributed by atoms with van der Waals surface area (Å²) in [6.07, 6.45) is 0.953. The first-order valence-electron chi connectivity index (χ1n) is 5.32. The van der Waals surface area contributed by atoms with Crippen LogP contribution in [-0.2, 0) is 18.1 Å². The molecule has 1 unspecified atom stereocenters. The van der Waals surface area contributed by atoms with Crippen LogP contribution in [0.4, 0.5) is 0 Å². The highest BCUT2D eigenvalue weighted by molar-refractivity contribution is 6.62. The van der Waals surface area contributed by atoms with Gasteiger partial charge in [-0.25, -0.2) is 0 Å². The van der Waals surface area contributed by atoms with E-state index in [2.05, 4.69) is 11.8 Å². The molecule has 0 heterocycles. The van der Waals surface area contributed by atoms with Gasteiger partial charge in [-0.2, -0.15) is 0 Å². The smallest absolute Gasteiger partial charge is 0.481 e. The van der Waals surface area contributed by atoms with Crippen LogP contribution in [0.3, 0.4) is 0 Å². The number of hydrogen-bond donors (Lipinski definition) is 1. The molecule has 0 bridgehead atoms. The zero-order valence-corrected chi connectivity index (χ0v) is 12.8. The zero-order chi connectivity index (χ0) is 14.1. The predicted molar refractivity (Wildman–Crippen MR) is 67.9 cm³/mol. The third kappa shape index (κ3) is 6.74. The lowest BCUT2D eigenvalue weighted by Gasteiger charge is -2.35. The number of carbonyl (C=O) groups is 1. The molecule has 1 N–H and O–H groups in total. The van der Waals surface area contributed by atoms with Gasteiger partial charge in [-0.3, -0.25) is 4.79 Å². The molecule has 0 amide bonds. The van der Waals surface area contributed by atoms with Gasteiger partial charge >= 0.3 is 8.80 Å². The molecule has 0 aromatic carbocycles. The summed E-state index contributed by atoms with van der Waals surface area (Å²) in [5.41, 5.74) is 0.215. The van der Waals surface area contributed by atoms with Gasteiger partial charge in [-0.1, -0.05) is 6.92 Å². The maximum atomic E-state index is 9.00. The molecule has 104 valence electrons. The van der Waals surface area contributed by atoms with Crippen LogP contribution in [0.2, 0.25) is 0 Å². The fourth-order valence-corrected chi connectivity index (χ4v) is 4.04. The van der Waals surface area contributed by atoms with Gasteiger partial charge in [0, 0.05) is 28.3 Å². The molecule has 0 rings (SSSR count). The lowest BCUT2D eigenvalue weighted by atomic mass is 10.4. The third-order valence-electron chi connectivity index (χ3n) is 2.27. The van der Waals surface area contributed by atoms with E-state index >= 15 is 0 Å². The SMILES string of the molecule is CC(=O)O.CCC(N(C)C)[Si](OC)(OC)OC. The van der Waals surface area contributed by atoms with E-state index in [1.54, 1.807) is 21.3 Å². The standard InChI is InChI=1S/C8H21NO3Si.C2H4O2/c1-7-8(9(2)3)13(10-4,11-5)12-6;1-2(3)4/h8H,7H2,1-6H3;1H3,(H,3,4). The Morgan fingerprint density at radius 3 is 1.59 bits per heavy atom. The Kier molecular flexibility index (Phi) is 10.6. The Morgan fingerprint density at radius 1 is 1.24 bits per heavy atom. The van der Waals surface area contributed by atoms with Gasteiger partial charge in [0.05, 0.1) is 5.67 Å². The molecular formula is C10H25NO5Si. The largest absolute Gasteiger partial charge is 0.518 e. The van der Waals surface area contributed by atoms with Crippen molar-refractivity contribution in [3.63, 3.8) is 0 Å². The fourth-order valence-electron chi connectivity index (χ4n) is 1.59. The van der Waals surface area contributed by atoms with Crippen LogP contribution in [0.5, 0.6) is 0 Å². The predicted octanol–water partition coefficient (Wildman–Crippen LogP) is 0.835. The Hall–Kier alpha value is -0.473. The second kappa shape index (κ2) is 9.55. The van der Waals surface area contributed by atoms with Crippen molar-refractivity contribution in [1.82, 2.24) is 4.90 Å². The van der Waals surface area contributed by atoms with E-state index in [1.807, 2.05) is 14.1 Å². The van der Waals surface area contributed by atoms with Gasteiger partial charge in [-0.05, 0) is 20.5 Å². The van der Waals surface area contributed by atoms with Crippen molar-refractivity contribution in [2.45, 2.75) is 25.9 Å². The number of carboxylic acids is 1. The van der Waals surface area contributed by atoms with Crippen LogP contribution in [0, 0.1) is 0 Å². The van der Waals surface area contributed by atoms with Gasteiger partial charge in [0.1, 0.15) is 0 Å². The number of hydrogen-bond acceptors (Lipinski definition) is 5. The van der Waals surface area contributed by atoms with E-state index < -0.39 is 14.8 Å². The summed E-state index contributed by atoms with van der Waals surface area (Å²) in [5, 5.41) is 7.42. The van der Waals surface area contributed by atoms with Gasteiger partial charge in [0.15, 0.2) is 0 Å². The molecule has 0 aliphatic carbocycles. The minimum atomic E-state index is -2.48. The van der Waals surface area contributed by atoms with E-state index in [9.17, 15) is 0 Å². The highest BCUT2D eigenvalue weighted by Gasteiger charge is 2.47. The highest BCUT2D eigenvalue weighted by atomic mass is 28.4. The lowest BCUT2D eigenvalue weighted by molar-refractivity contribution is -0.134. The first-order chi connectivity index (χ1) is 7.81. The summed E-state index contributed by atoms with van der Waals surface area (Å²) < 4.78 is 16.2. The van der Waals surface area contributed by atoms with Gasteiger partial charge in [-0.15, -0.1) is 0 Å². The van der Waals surface area contributed by atoms with Crippen LogP contribution in [-0.4, -0.2) is 65.9 Å². The summed E-state index contributed by atoms with van der Waals surface area (Å²) in [7, 11) is 6.46. The molecule has 0 spiro atoms. The average Bonchev–Trinajstić information content (AvgIpc) is 2.24. The molecular weight excluding hydrogens is 242 g/mol. The Labute approximate surface area is 105 Å². The molecule has 0 aromatic heterocycles. The summed E-state index contributed by atoms with van der Waals surface area (Å²) in [4.78, 5) is 11.1. The minimum absolute atomic E-state index is 0.215. The van der Waals surface area contributed by atoms with E-state index in [0.29, 0.717) is 0 Å². The van der Waals surface area contributed by atoms with Crippen molar-refractivity contribution in [1.29, 1.82) is 0 Å². The van der Waals surface area contributed by atoms with Crippen molar-refractivity contribution in [3.8, 4) is 0 Å². The second-order valence-electron chi connectivity index (χ2n) is 3.62. The maximum absolute atomic E-state index is 9.00. The maximum Gasteiger partial charge on any atom is 0.518 e. The van der Waals surface area contributed by atoms with E-state index in [1.165, 1.54) is 0 Å². The van der Waals surface area contributed by atoms with Gasteiger partial charge in [0.25, 0.3) is 5.97 Å². The molecule has 0 aromatic rings. The summed E-state index contributed by atoms with van der Waals surface area (Å²) >= 11 is 0. The monoisotopic (exact) mass is 267 g/mol. The van der Waals surface area contributed by atoms with Crippen LogP contribution < -0.4 is 0 Å². The van der Waals surface area contributed by atoms with Crippen LogP contribution in [0.15, 0.2) is 0 Å². The third-order valence-corrected chi connectivity index (χ3v) is 5.72. The molecule has 7 heteroatoms. The van der Waals surface area contributed by atoms with E-state index in [-0.39, 0.29) is 5.67 Å². The molecule has 0 aliphatic rings. The van der Waals surface area contributed by atoms with E-state index in [4.69, 9.17) is 23.2 Å². The molecule has 0 aliphatic heterocycles. The molecule has 0 fully saturated rings. The van der Waals surface area contributed by atoms with Crippen molar-refractivity contribution in [2.75, 3.05) is 35.4 Å². The first kappa shape index (κ1) is 18.9. The Bertz CT molecular complexity index is 197. The van der Waals surface area contributed by atoms with Crippen LogP contribution >= 0.6 is 0 Å². The number of aliphatic carboxylic acids is 1. The zero-order valence-electron chi connectivity index (χ0n) is 11.8. The molecule has 17 heavy (non-hydrogen) atoms. The van der Waals surface area contributed by atoms with Crippen molar-refractivity contribution >= 4 is 14.8 Å². The molecule has 6 nitrogen and oxygen atoms in total. The van der Waals surface area contributed by atoms with Crippen LogP contribution in [0.25, 0.3) is 0 Å². The highest BCUT2D eigenvalue weighted by Crippen LogP contribution is 2.18.